The normalized spacial score (nSPS) is 21.8. The van der Waals surface area contributed by atoms with Crippen LogP contribution in [0.5, 0.6) is 5.75 Å². The van der Waals surface area contributed by atoms with E-state index in [2.05, 4.69) is 10.6 Å². The summed E-state index contributed by atoms with van der Waals surface area (Å²) < 4.78 is 5.76. The van der Waals surface area contributed by atoms with E-state index in [4.69, 9.17) is 4.74 Å². The van der Waals surface area contributed by atoms with E-state index in [1.165, 1.54) is 4.90 Å². The molecule has 0 radical (unpaired) electrons. The van der Waals surface area contributed by atoms with Gasteiger partial charge in [-0.15, -0.1) is 0 Å². The van der Waals surface area contributed by atoms with Crippen LogP contribution < -0.4 is 15.4 Å². The van der Waals surface area contributed by atoms with Crippen LogP contribution in [0, 0.1) is 0 Å². The van der Waals surface area contributed by atoms with Crippen molar-refractivity contribution in [1.82, 2.24) is 15.5 Å². The molecule has 1 spiro atoms. The lowest BCUT2D eigenvalue weighted by Gasteiger charge is -2.31. The minimum atomic E-state index is -0.713. The van der Waals surface area contributed by atoms with Crippen molar-refractivity contribution in [3.8, 4) is 5.75 Å². The van der Waals surface area contributed by atoms with E-state index in [0.717, 1.165) is 18.8 Å². The molecule has 2 saturated heterocycles. The van der Waals surface area contributed by atoms with Gasteiger partial charge in [-0.25, -0.2) is 4.79 Å². The van der Waals surface area contributed by atoms with E-state index in [1.54, 1.807) is 0 Å². The number of carbonyl (C=O) groups is 2. The highest BCUT2D eigenvalue weighted by molar-refractivity contribution is 6.07. The van der Waals surface area contributed by atoms with Gasteiger partial charge in [0.15, 0.2) is 0 Å². The van der Waals surface area contributed by atoms with Gasteiger partial charge >= 0.3 is 6.03 Å². The summed E-state index contributed by atoms with van der Waals surface area (Å²) in [6.45, 7) is 3.61. The Morgan fingerprint density at radius 2 is 1.91 bits per heavy atom. The van der Waals surface area contributed by atoms with Crippen molar-refractivity contribution in [1.29, 1.82) is 0 Å². The van der Waals surface area contributed by atoms with E-state index in [-0.39, 0.29) is 24.6 Å². The topological polar surface area (TPSA) is 70.7 Å². The predicted molar refractivity (Wildman–Crippen MR) is 81.6 cm³/mol. The van der Waals surface area contributed by atoms with Crippen molar-refractivity contribution >= 4 is 11.9 Å². The third-order valence-electron chi connectivity index (χ3n) is 4.22. The van der Waals surface area contributed by atoms with Crippen molar-refractivity contribution in [3.63, 3.8) is 0 Å². The molecule has 6 heteroatoms. The number of rotatable bonds is 4. The molecular weight excluding hydrogens is 282 g/mol. The summed E-state index contributed by atoms with van der Waals surface area (Å²) in [5, 5.41) is 6.09. The fourth-order valence-electron chi connectivity index (χ4n) is 3.06. The summed E-state index contributed by atoms with van der Waals surface area (Å²) in [5.74, 6) is 0.612. The summed E-state index contributed by atoms with van der Waals surface area (Å²) in [6, 6.07) is 9.10. The molecule has 0 saturated carbocycles. The summed E-state index contributed by atoms with van der Waals surface area (Å²) in [6.07, 6.45) is 1.03. The number of imide groups is 1. The second kappa shape index (κ2) is 5.96. The number of urea groups is 1. The Hall–Kier alpha value is -2.08. The fraction of sp³-hybridized carbons (Fsp3) is 0.500. The minimum Gasteiger partial charge on any atom is -0.489 e. The van der Waals surface area contributed by atoms with Gasteiger partial charge in [0.05, 0.1) is 6.54 Å². The number of hydrogen-bond donors (Lipinski definition) is 2. The zero-order chi connectivity index (χ0) is 15.6. The van der Waals surface area contributed by atoms with Gasteiger partial charge < -0.3 is 15.4 Å². The lowest BCUT2D eigenvalue weighted by molar-refractivity contribution is -0.132. The number of ether oxygens (including phenoxy) is 1. The van der Waals surface area contributed by atoms with Gasteiger partial charge in [0.2, 0.25) is 0 Å². The maximum absolute atomic E-state index is 12.6. The van der Waals surface area contributed by atoms with Crippen LogP contribution in [0.25, 0.3) is 0 Å². The first kappa shape index (κ1) is 14.8. The number of carbonyl (C=O) groups excluding carboxylic acids is 2. The molecule has 0 unspecified atom stereocenters. The summed E-state index contributed by atoms with van der Waals surface area (Å²) >= 11 is 0. The molecule has 3 rings (SSSR count). The largest absolute Gasteiger partial charge is 0.489 e. The van der Waals surface area contributed by atoms with Crippen LogP contribution in [0.15, 0.2) is 30.3 Å². The molecule has 2 N–H and O–H groups in total. The third kappa shape index (κ3) is 2.78. The molecule has 0 bridgehead atoms. The fourth-order valence-corrected chi connectivity index (χ4v) is 3.06. The molecule has 1 aromatic carbocycles. The molecule has 2 aliphatic rings. The predicted octanol–water partition coefficient (Wildman–Crippen LogP) is 1.13. The molecule has 3 amide bonds. The molecule has 2 fully saturated rings. The SMILES string of the molecule is C[C@H](CN1C(=O)NC2(CCNCC2)C1=O)Oc1ccccc1. The van der Waals surface area contributed by atoms with Gasteiger partial charge in [0, 0.05) is 0 Å². The zero-order valence-corrected chi connectivity index (χ0v) is 12.7. The van der Waals surface area contributed by atoms with E-state index >= 15 is 0 Å². The molecular formula is C16H21N3O3. The zero-order valence-electron chi connectivity index (χ0n) is 12.7. The molecule has 1 atom stereocenters. The number of nitrogens with one attached hydrogen (secondary N) is 2. The Balaban J connectivity index is 1.64. The molecule has 2 heterocycles. The maximum Gasteiger partial charge on any atom is 0.325 e. The molecule has 22 heavy (non-hydrogen) atoms. The average molecular weight is 303 g/mol. The van der Waals surface area contributed by atoms with Crippen molar-refractivity contribution < 1.29 is 14.3 Å². The van der Waals surface area contributed by atoms with Crippen LogP contribution in [0.3, 0.4) is 0 Å². The Bertz CT molecular complexity index is 555. The van der Waals surface area contributed by atoms with E-state index < -0.39 is 5.54 Å². The molecule has 1 aromatic rings. The van der Waals surface area contributed by atoms with Gasteiger partial charge in [-0.2, -0.15) is 0 Å². The Labute approximate surface area is 129 Å². The highest BCUT2D eigenvalue weighted by Gasteiger charge is 2.51. The molecule has 118 valence electrons. The van der Waals surface area contributed by atoms with Gasteiger partial charge in [0.1, 0.15) is 17.4 Å². The second-order valence-corrected chi connectivity index (χ2v) is 5.92. The summed E-state index contributed by atoms with van der Waals surface area (Å²) in [5.41, 5.74) is -0.713. The summed E-state index contributed by atoms with van der Waals surface area (Å²) in [7, 11) is 0. The number of nitrogens with zero attached hydrogens (tertiary/aromatic N) is 1. The highest BCUT2D eigenvalue weighted by Crippen LogP contribution is 2.27. The number of benzene rings is 1. The lowest BCUT2D eigenvalue weighted by atomic mass is 9.88. The van der Waals surface area contributed by atoms with Crippen LogP contribution in [-0.2, 0) is 4.79 Å². The highest BCUT2D eigenvalue weighted by atomic mass is 16.5. The first-order chi connectivity index (χ1) is 10.6. The van der Waals surface area contributed by atoms with Crippen LogP contribution in [-0.4, -0.2) is 48.1 Å². The Morgan fingerprint density at radius 1 is 1.23 bits per heavy atom. The van der Waals surface area contributed by atoms with Crippen molar-refractivity contribution in [2.24, 2.45) is 0 Å². The second-order valence-electron chi connectivity index (χ2n) is 5.92. The quantitative estimate of drug-likeness (QED) is 0.818. The number of piperidine rings is 1. The molecule has 6 nitrogen and oxygen atoms in total. The van der Waals surface area contributed by atoms with Gasteiger partial charge in [0.25, 0.3) is 5.91 Å². The Kier molecular flexibility index (Phi) is 4.02. The van der Waals surface area contributed by atoms with Crippen molar-refractivity contribution in [2.45, 2.75) is 31.4 Å². The van der Waals surface area contributed by atoms with Crippen molar-refractivity contribution in [2.75, 3.05) is 19.6 Å². The van der Waals surface area contributed by atoms with E-state index in [1.807, 2.05) is 37.3 Å². The van der Waals surface area contributed by atoms with Crippen LogP contribution in [0.4, 0.5) is 4.79 Å². The molecule has 0 aromatic heterocycles. The lowest BCUT2D eigenvalue weighted by Crippen LogP contribution is -2.54. The minimum absolute atomic E-state index is 0.123. The van der Waals surface area contributed by atoms with Gasteiger partial charge in [-0.3, -0.25) is 9.69 Å². The number of para-hydroxylation sites is 1. The first-order valence-electron chi connectivity index (χ1n) is 7.67. The summed E-state index contributed by atoms with van der Waals surface area (Å²) in [4.78, 5) is 26.1. The van der Waals surface area contributed by atoms with Gasteiger partial charge in [-0.1, -0.05) is 18.2 Å². The third-order valence-corrected chi connectivity index (χ3v) is 4.22. The van der Waals surface area contributed by atoms with Gasteiger partial charge in [-0.05, 0) is 45.0 Å². The number of hydrogen-bond acceptors (Lipinski definition) is 4. The smallest absolute Gasteiger partial charge is 0.325 e. The first-order valence-corrected chi connectivity index (χ1v) is 7.67. The van der Waals surface area contributed by atoms with Crippen molar-refractivity contribution in [3.05, 3.63) is 30.3 Å². The van der Waals surface area contributed by atoms with E-state index in [9.17, 15) is 9.59 Å². The van der Waals surface area contributed by atoms with E-state index in [0.29, 0.717) is 12.8 Å². The van der Waals surface area contributed by atoms with Crippen LogP contribution >= 0.6 is 0 Å². The van der Waals surface area contributed by atoms with Crippen LogP contribution in [0.2, 0.25) is 0 Å². The standard InChI is InChI=1S/C16H21N3O3/c1-12(22-13-5-3-2-4-6-13)11-19-14(20)16(18-15(19)21)7-9-17-10-8-16/h2-6,12,17H,7-11H2,1H3,(H,18,21)/t12-/m1/s1. The average Bonchev–Trinajstić information content (AvgIpc) is 2.73. The maximum atomic E-state index is 12.6. The molecule has 2 aliphatic heterocycles. The molecule has 0 aliphatic carbocycles. The monoisotopic (exact) mass is 303 g/mol. The Morgan fingerprint density at radius 3 is 2.59 bits per heavy atom. The van der Waals surface area contributed by atoms with Crippen LogP contribution in [0.1, 0.15) is 19.8 Å². The number of amides is 3.